The van der Waals surface area contributed by atoms with Crippen LogP contribution < -0.4 is 5.43 Å². The second kappa shape index (κ2) is 6.98. The zero-order valence-corrected chi connectivity index (χ0v) is 14.4. The van der Waals surface area contributed by atoms with Crippen LogP contribution in [0, 0.1) is 3.57 Å². The highest BCUT2D eigenvalue weighted by Crippen LogP contribution is 2.22. The minimum atomic E-state index is 0.690. The van der Waals surface area contributed by atoms with Crippen LogP contribution in [0.25, 0.3) is 11.3 Å². The van der Waals surface area contributed by atoms with Gasteiger partial charge in [-0.3, -0.25) is 5.43 Å². The number of furan rings is 1. The number of nitrogens with one attached hydrogen (secondary N) is 1. The zero-order chi connectivity index (χ0) is 15.4. The van der Waals surface area contributed by atoms with Crippen LogP contribution in [0.3, 0.4) is 0 Å². The van der Waals surface area contributed by atoms with E-state index in [2.05, 4.69) is 33.1 Å². The van der Waals surface area contributed by atoms with Crippen LogP contribution >= 0.6 is 34.2 Å². The lowest BCUT2D eigenvalue weighted by Gasteiger charge is -1.99. The summed E-state index contributed by atoms with van der Waals surface area (Å²) in [5.41, 5.74) is 4.84. The predicted octanol–water partition coefficient (Wildman–Crippen LogP) is 5.65. The Morgan fingerprint density at radius 3 is 2.41 bits per heavy atom. The van der Waals surface area contributed by atoms with E-state index in [1.807, 2.05) is 48.5 Å². The molecule has 0 saturated carbocycles. The van der Waals surface area contributed by atoms with Crippen LogP contribution in [0.5, 0.6) is 0 Å². The molecule has 0 fully saturated rings. The molecule has 3 aromatic rings. The molecule has 0 spiro atoms. The molecule has 2 aromatic carbocycles. The SMILES string of the molecule is Clc1ccc(NN=Cc2ccc(-c3ccc(I)cc3)o2)cc1. The zero-order valence-electron chi connectivity index (χ0n) is 11.5. The summed E-state index contributed by atoms with van der Waals surface area (Å²) < 4.78 is 6.95. The topological polar surface area (TPSA) is 37.5 Å². The van der Waals surface area contributed by atoms with Gasteiger partial charge in [-0.15, -0.1) is 0 Å². The fraction of sp³-hybridized carbons (Fsp3) is 0. The molecule has 0 aliphatic rings. The van der Waals surface area contributed by atoms with Crippen molar-refractivity contribution in [3.8, 4) is 11.3 Å². The average molecular weight is 423 g/mol. The third-order valence-electron chi connectivity index (χ3n) is 2.99. The molecule has 0 atom stereocenters. The molecule has 5 heteroatoms. The Hall–Kier alpha value is -1.79. The molecule has 22 heavy (non-hydrogen) atoms. The van der Waals surface area contributed by atoms with Crippen molar-refractivity contribution in [1.29, 1.82) is 0 Å². The molecule has 0 saturated heterocycles. The fourth-order valence-corrected chi connectivity index (χ4v) is 2.37. The fourth-order valence-electron chi connectivity index (χ4n) is 1.89. The van der Waals surface area contributed by atoms with E-state index < -0.39 is 0 Å². The summed E-state index contributed by atoms with van der Waals surface area (Å²) in [6.07, 6.45) is 1.64. The molecule has 0 aliphatic heterocycles. The standard InChI is InChI=1S/C17H12ClIN2O/c18-13-3-7-15(8-4-13)21-20-11-16-9-10-17(22-16)12-1-5-14(19)6-2-12/h1-11,21H. The minimum absolute atomic E-state index is 0.690. The third-order valence-corrected chi connectivity index (χ3v) is 3.96. The van der Waals surface area contributed by atoms with E-state index in [1.54, 1.807) is 18.3 Å². The van der Waals surface area contributed by atoms with Crippen molar-refractivity contribution in [2.75, 3.05) is 5.43 Å². The van der Waals surface area contributed by atoms with Crippen LogP contribution in [0.2, 0.25) is 5.02 Å². The number of hydrogen-bond donors (Lipinski definition) is 1. The molecule has 3 nitrogen and oxygen atoms in total. The Labute approximate surface area is 147 Å². The van der Waals surface area contributed by atoms with E-state index in [0.717, 1.165) is 17.0 Å². The number of hydrazone groups is 1. The van der Waals surface area contributed by atoms with Gasteiger partial charge < -0.3 is 4.42 Å². The van der Waals surface area contributed by atoms with Gasteiger partial charge in [-0.2, -0.15) is 5.10 Å². The summed E-state index contributed by atoms with van der Waals surface area (Å²) in [7, 11) is 0. The van der Waals surface area contributed by atoms with Crippen LogP contribution in [0.15, 0.2) is 70.2 Å². The summed E-state index contributed by atoms with van der Waals surface area (Å²) in [4.78, 5) is 0. The van der Waals surface area contributed by atoms with Crippen LogP contribution in [-0.2, 0) is 0 Å². The molecule has 110 valence electrons. The van der Waals surface area contributed by atoms with E-state index in [1.165, 1.54) is 3.57 Å². The lowest BCUT2D eigenvalue weighted by molar-refractivity contribution is 0.575. The number of halogens is 2. The summed E-state index contributed by atoms with van der Waals surface area (Å²) >= 11 is 8.11. The van der Waals surface area contributed by atoms with Crippen LogP contribution in [0.1, 0.15) is 5.76 Å². The molecular formula is C17H12ClIN2O. The van der Waals surface area contributed by atoms with Crippen LogP contribution in [0.4, 0.5) is 5.69 Å². The number of benzene rings is 2. The first kappa shape index (κ1) is 15.1. The van der Waals surface area contributed by atoms with Gasteiger partial charge in [0.2, 0.25) is 0 Å². The summed E-state index contributed by atoms with van der Waals surface area (Å²) in [6.45, 7) is 0. The van der Waals surface area contributed by atoms with Crippen molar-refractivity contribution < 1.29 is 4.42 Å². The normalized spacial score (nSPS) is 11.0. The van der Waals surface area contributed by atoms with Crippen molar-refractivity contribution in [1.82, 2.24) is 0 Å². The summed E-state index contributed by atoms with van der Waals surface area (Å²) in [5, 5.41) is 4.85. The number of anilines is 1. The van der Waals surface area contributed by atoms with Crippen molar-refractivity contribution in [2.45, 2.75) is 0 Å². The molecule has 3 rings (SSSR count). The van der Waals surface area contributed by atoms with Gasteiger partial charge in [0.1, 0.15) is 11.5 Å². The van der Waals surface area contributed by atoms with E-state index >= 15 is 0 Å². The minimum Gasteiger partial charge on any atom is -0.455 e. The molecular weight excluding hydrogens is 411 g/mol. The largest absolute Gasteiger partial charge is 0.455 e. The van der Waals surface area contributed by atoms with Gasteiger partial charge >= 0.3 is 0 Å². The van der Waals surface area contributed by atoms with E-state index in [4.69, 9.17) is 16.0 Å². The summed E-state index contributed by atoms with van der Waals surface area (Å²) in [5.74, 6) is 1.51. The van der Waals surface area contributed by atoms with Crippen molar-refractivity contribution >= 4 is 46.1 Å². The highest BCUT2D eigenvalue weighted by molar-refractivity contribution is 14.1. The summed E-state index contributed by atoms with van der Waals surface area (Å²) in [6, 6.07) is 19.3. The maximum Gasteiger partial charge on any atom is 0.147 e. The Morgan fingerprint density at radius 2 is 1.68 bits per heavy atom. The van der Waals surface area contributed by atoms with Crippen molar-refractivity contribution in [2.24, 2.45) is 5.10 Å². The molecule has 0 aliphatic carbocycles. The predicted molar refractivity (Wildman–Crippen MR) is 99.5 cm³/mol. The highest BCUT2D eigenvalue weighted by atomic mass is 127. The Morgan fingerprint density at radius 1 is 0.955 bits per heavy atom. The second-order valence-electron chi connectivity index (χ2n) is 4.59. The van der Waals surface area contributed by atoms with Gasteiger partial charge in [-0.25, -0.2) is 0 Å². The second-order valence-corrected chi connectivity index (χ2v) is 6.27. The monoisotopic (exact) mass is 422 g/mol. The Kier molecular flexibility index (Phi) is 4.80. The molecule has 1 N–H and O–H groups in total. The van der Waals surface area contributed by atoms with E-state index in [9.17, 15) is 0 Å². The van der Waals surface area contributed by atoms with Crippen molar-refractivity contribution in [3.05, 3.63) is 75.0 Å². The smallest absolute Gasteiger partial charge is 0.147 e. The lowest BCUT2D eigenvalue weighted by atomic mass is 10.2. The maximum absolute atomic E-state index is 5.83. The molecule has 0 bridgehead atoms. The molecule has 1 aromatic heterocycles. The molecule has 0 unspecified atom stereocenters. The number of rotatable bonds is 4. The van der Waals surface area contributed by atoms with Gasteiger partial charge in [0, 0.05) is 14.2 Å². The van der Waals surface area contributed by atoms with Crippen molar-refractivity contribution in [3.63, 3.8) is 0 Å². The first-order valence-corrected chi connectivity index (χ1v) is 8.07. The van der Waals surface area contributed by atoms with Crippen LogP contribution in [-0.4, -0.2) is 6.21 Å². The molecule has 0 amide bonds. The van der Waals surface area contributed by atoms with Gasteiger partial charge in [-0.1, -0.05) is 23.7 Å². The first-order valence-electron chi connectivity index (χ1n) is 6.61. The quantitative estimate of drug-likeness (QED) is 0.335. The maximum atomic E-state index is 5.83. The molecule has 1 heterocycles. The highest BCUT2D eigenvalue weighted by Gasteiger charge is 2.03. The lowest BCUT2D eigenvalue weighted by Crippen LogP contribution is -1.88. The Bertz CT molecular complexity index is 779. The number of nitrogens with zero attached hydrogens (tertiary/aromatic N) is 1. The first-order chi connectivity index (χ1) is 10.7. The Balaban J connectivity index is 1.67. The van der Waals surface area contributed by atoms with Gasteiger partial charge in [0.25, 0.3) is 0 Å². The van der Waals surface area contributed by atoms with Gasteiger partial charge in [0.15, 0.2) is 0 Å². The molecule has 0 radical (unpaired) electrons. The average Bonchev–Trinajstić information content (AvgIpc) is 2.99. The van der Waals surface area contributed by atoms with Gasteiger partial charge in [0.05, 0.1) is 11.9 Å². The van der Waals surface area contributed by atoms with E-state index in [0.29, 0.717) is 10.8 Å². The van der Waals surface area contributed by atoms with Gasteiger partial charge in [-0.05, 0) is 71.1 Å². The number of hydrogen-bond acceptors (Lipinski definition) is 3. The third kappa shape index (κ3) is 3.90. The van der Waals surface area contributed by atoms with E-state index in [-0.39, 0.29) is 0 Å².